The lowest BCUT2D eigenvalue weighted by atomic mass is 10.1. The Balaban J connectivity index is 1.76. The average molecular weight is 383 g/mol. The lowest BCUT2D eigenvalue weighted by molar-refractivity contribution is 0.0459. The summed E-state index contributed by atoms with van der Waals surface area (Å²) in [4.78, 5) is 12.1. The van der Waals surface area contributed by atoms with Crippen LogP contribution in [0.3, 0.4) is 0 Å². The number of hydrogen-bond donors (Lipinski definition) is 1. The second-order valence-corrected chi connectivity index (χ2v) is 8.37. The van der Waals surface area contributed by atoms with Crippen molar-refractivity contribution in [2.24, 2.45) is 5.92 Å². The van der Waals surface area contributed by atoms with Crippen LogP contribution in [0, 0.1) is 5.92 Å². The van der Waals surface area contributed by atoms with Gasteiger partial charge in [0.25, 0.3) is 10.0 Å². The summed E-state index contributed by atoms with van der Waals surface area (Å²) in [6.45, 7) is 4.26. The zero-order valence-corrected chi connectivity index (χ0v) is 16.0. The van der Waals surface area contributed by atoms with Crippen molar-refractivity contribution in [3.8, 4) is 0 Å². The van der Waals surface area contributed by atoms with E-state index >= 15 is 0 Å². The van der Waals surface area contributed by atoms with Gasteiger partial charge in [-0.05, 0) is 53.1 Å². The highest BCUT2D eigenvalue weighted by Gasteiger charge is 2.15. The van der Waals surface area contributed by atoms with Gasteiger partial charge in [0.2, 0.25) is 0 Å². The minimum atomic E-state index is -3.73. The highest BCUT2D eigenvalue weighted by atomic mass is 32.2. The number of carbonyl (C=O) groups is 1. The molecule has 0 saturated carbocycles. The van der Waals surface area contributed by atoms with Crippen LogP contribution in [0.2, 0.25) is 0 Å². The van der Waals surface area contributed by atoms with E-state index in [0.717, 1.165) is 10.8 Å². The Morgan fingerprint density at radius 3 is 2.30 bits per heavy atom. The van der Waals surface area contributed by atoms with Crippen LogP contribution in [0.5, 0.6) is 0 Å². The summed E-state index contributed by atoms with van der Waals surface area (Å²) >= 11 is 0. The molecule has 0 aromatic heterocycles. The van der Waals surface area contributed by atoms with E-state index in [1.165, 1.54) is 0 Å². The van der Waals surface area contributed by atoms with Crippen LogP contribution in [0.25, 0.3) is 10.8 Å². The smallest absolute Gasteiger partial charge is 0.338 e. The summed E-state index contributed by atoms with van der Waals surface area (Å²) in [5.74, 6) is -0.172. The number of benzene rings is 3. The van der Waals surface area contributed by atoms with Gasteiger partial charge in [-0.3, -0.25) is 4.72 Å². The minimum absolute atomic E-state index is 0.182. The topological polar surface area (TPSA) is 72.5 Å². The normalized spacial score (nSPS) is 11.5. The van der Waals surface area contributed by atoms with Crippen molar-refractivity contribution in [2.45, 2.75) is 18.7 Å². The van der Waals surface area contributed by atoms with E-state index in [1.54, 1.807) is 42.5 Å². The predicted molar refractivity (Wildman–Crippen MR) is 106 cm³/mol. The van der Waals surface area contributed by atoms with Gasteiger partial charge < -0.3 is 4.74 Å². The summed E-state index contributed by atoms with van der Waals surface area (Å²) in [5, 5.41) is 1.82. The zero-order chi connectivity index (χ0) is 19.4. The Morgan fingerprint density at radius 2 is 1.63 bits per heavy atom. The van der Waals surface area contributed by atoms with Gasteiger partial charge in [-0.1, -0.05) is 44.2 Å². The second-order valence-electron chi connectivity index (χ2n) is 6.68. The molecule has 0 amide bonds. The molecule has 0 bridgehead atoms. The van der Waals surface area contributed by atoms with Crippen molar-refractivity contribution in [1.82, 2.24) is 0 Å². The summed E-state index contributed by atoms with van der Waals surface area (Å²) in [6.07, 6.45) is 0. The van der Waals surface area contributed by atoms with Crippen LogP contribution < -0.4 is 4.72 Å². The molecule has 6 heteroatoms. The van der Waals surface area contributed by atoms with E-state index < -0.39 is 16.0 Å². The van der Waals surface area contributed by atoms with Crippen LogP contribution in [0.1, 0.15) is 24.2 Å². The van der Waals surface area contributed by atoms with Crippen LogP contribution in [0.4, 0.5) is 5.69 Å². The van der Waals surface area contributed by atoms with Crippen LogP contribution in [-0.4, -0.2) is 21.0 Å². The standard InChI is InChI=1S/C21H21NO4S/c1-15(2)14-26-21(23)17-7-10-19(11-8-17)22-27(24,25)20-12-9-16-5-3-4-6-18(16)13-20/h3-13,15,22H,14H2,1-2H3. The Morgan fingerprint density at radius 1 is 0.963 bits per heavy atom. The summed E-state index contributed by atoms with van der Waals surface area (Å²) in [5.41, 5.74) is 0.757. The fourth-order valence-electron chi connectivity index (χ4n) is 2.55. The number of rotatable bonds is 6. The largest absolute Gasteiger partial charge is 0.462 e. The first-order valence-corrected chi connectivity index (χ1v) is 10.1. The van der Waals surface area contributed by atoms with Gasteiger partial charge >= 0.3 is 5.97 Å². The molecule has 0 aliphatic rings. The van der Waals surface area contributed by atoms with Crippen LogP contribution >= 0.6 is 0 Å². The number of nitrogens with one attached hydrogen (secondary N) is 1. The first kappa shape index (κ1) is 18.9. The third-order valence-electron chi connectivity index (χ3n) is 3.95. The molecule has 3 rings (SSSR count). The number of ether oxygens (including phenoxy) is 1. The Labute approximate surface area is 159 Å². The number of sulfonamides is 1. The first-order valence-electron chi connectivity index (χ1n) is 8.64. The summed E-state index contributed by atoms with van der Waals surface area (Å²) in [7, 11) is -3.73. The molecule has 0 aliphatic carbocycles. The number of esters is 1. The minimum Gasteiger partial charge on any atom is -0.462 e. The maximum absolute atomic E-state index is 12.6. The van der Waals surface area contributed by atoms with Gasteiger partial charge in [0, 0.05) is 5.69 Å². The molecule has 0 aliphatic heterocycles. The first-order chi connectivity index (χ1) is 12.8. The Bertz CT molecular complexity index is 1060. The third kappa shape index (κ3) is 4.65. The molecule has 0 radical (unpaired) electrons. The lowest BCUT2D eigenvalue weighted by Crippen LogP contribution is -2.13. The molecule has 0 spiro atoms. The third-order valence-corrected chi connectivity index (χ3v) is 5.33. The molecular weight excluding hydrogens is 362 g/mol. The SMILES string of the molecule is CC(C)COC(=O)c1ccc(NS(=O)(=O)c2ccc3ccccc3c2)cc1. The molecule has 1 N–H and O–H groups in total. The van der Waals surface area contributed by atoms with Crippen molar-refractivity contribution in [1.29, 1.82) is 0 Å². The van der Waals surface area contributed by atoms with E-state index in [1.807, 2.05) is 38.1 Å². The maximum atomic E-state index is 12.6. The van der Waals surface area contributed by atoms with E-state index in [4.69, 9.17) is 4.74 Å². The van der Waals surface area contributed by atoms with Gasteiger partial charge in [0.05, 0.1) is 17.1 Å². The predicted octanol–water partition coefficient (Wildman–Crippen LogP) is 4.45. The van der Waals surface area contributed by atoms with Gasteiger partial charge in [-0.2, -0.15) is 0 Å². The van der Waals surface area contributed by atoms with E-state index in [2.05, 4.69) is 4.72 Å². The van der Waals surface area contributed by atoms with E-state index in [9.17, 15) is 13.2 Å². The van der Waals surface area contributed by atoms with E-state index in [0.29, 0.717) is 17.9 Å². The van der Waals surface area contributed by atoms with Crippen molar-refractivity contribution in [3.63, 3.8) is 0 Å². The van der Waals surface area contributed by atoms with Gasteiger partial charge in [0.1, 0.15) is 0 Å². The van der Waals surface area contributed by atoms with Crippen molar-refractivity contribution >= 4 is 32.5 Å². The fraction of sp³-hybridized carbons (Fsp3) is 0.190. The molecule has 140 valence electrons. The monoisotopic (exact) mass is 383 g/mol. The molecule has 0 atom stereocenters. The average Bonchev–Trinajstić information content (AvgIpc) is 2.66. The molecule has 0 fully saturated rings. The second kappa shape index (κ2) is 7.80. The molecule has 0 heterocycles. The zero-order valence-electron chi connectivity index (χ0n) is 15.2. The van der Waals surface area contributed by atoms with Gasteiger partial charge in [-0.25, -0.2) is 13.2 Å². The Hall–Kier alpha value is -2.86. The lowest BCUT2D eigenvalue weighted by Gasteiger charge is -2.10. The van der Waals surface area contributed by atoms with Gasteiger partial charge in [0.15, 0.2) is 0 Å². The number of fused-ring (bicyclic) bond motifs is 1. The fourth-order valence-corrected chi connectivity index (χ4v) is 3.64. The summed E-state index contributed by atoms with van der Waals surface area (Å²) in [6, 6.07) is 18.7. The maximum Gasteiger partial charge on any atom is 0.338 e. The Kier molecular flexibility index (Phi) is 5.46. The molecule has 0 saturated heterocycles. The quantitative estimate of drug-likeness (QED) is 0.638. The van der Waals surface area contributed by atoms with Crippen LogP contribution in [0.15, 0.2) is 71.6 Å². The number of hydrogen-bond acceptors (Lipinski definition) is 4. The van der Waals surface area contributed by atoms with Crippen molar-refractivity contribution in [2.75, 3.05) is 11.3 Å². The molecule has 27 heavy (non-hydrogen) atoms. The molecule has 3 aromatic rings. The number of carbonyl (C=O) groups excluding carboxylic acids is 1. The summed E-state index contributed by atoms with van der Waals surface area (Å²) < 4.78 is 33.0. The molecule has 3 aromatic carbocycles. The number of anilines is 1. The molecule has 5 nitrogen and oxygen atoms in total. The highest BCUT2D eigenvalue weighted by Crippen LogP contribution is 2.21. The molecule has 0 unspecified atom stereocenters. The van der Waals surface area contributed by atoms with Gasteiger partial charge in [-0.15, -0.1) is 0 Å². The van der Waals surface area contributed by atoms with E-state index in [-0.39, 0.29) is 10.8 Å². The highest BCUT2D eigenvalue weighted by molar-refractivity contribution is 7.92. The molecular formula is C21H21NO4S. The van der Waals surface area contributed by atoms with Crippen LogP contribution in [-0.2, 0) is 14.8 Å². The van der Waals surface area contributed by atoms with Crippen molar-refractivity contribution in [3.05, 3.63) is 72.3 Å². The van der Waals surface area contributed by atoms with Crippen molar-refractivity contribution < 1.29 is 17.9 Å².